The summed E-state index contributed by atoms with van der Waals surface area (Å²) in [6.07, 6.45) is 1.76. The average Bonchev–Trinajstić information content (AvgIpc) is 2.92. The highest BCUT2D eigenvalue weighted by Gasteiger charge is 2.16. The number of benzene rings is 1. The van der Waals surface area contributed by atoms with Crippen molar-refractivity contribution in [1.29, 1.82) is 0 Å². The molecular formula is C14H14BrNO3. The van der Waals surface area contributed by atoms with Crippen molar-refractivity contribution in [2.45, 2.75) is 12.5 Å². The van der Waals surface area contributed by atoms with Crippen molar-refractivity contribution in [3.63, 3.8) is 0 Å². The van der Waals surface area contributed by atoms with Crippen molar-refractivity contribution in [2.24, 2.45) is 0 Å². The number of aliphatic hydroxyl groups excluding tert-OH is 1. The molecule has 1 atom stereocenters. The molecule has 19 heavy (non-hydrogen) atoms. The van der Waals surface area contributed by atoms with Gasteiger partial charge in [0.1, 0.15) is 11.8 Å². The molecule has 0 fully saturated rings. The Balaban J connectivity index is 1.99. The Morgan fingerprint density at radius 2 is 2.11 bits per heavy atom. The Labute approximate surface area is 119 Å². The molecule has 1 aromatic carbocycles. The average molecular weight is 324 g/mol. The molecule has 2 rings (SSSR count). The summed E-state index contributed by atoms with van der Waals surface area (Å²) in [5.74, 6) is 0.380. The largest absolute Gasteiger partial charge is 0.467 e. The van der Waals surface area contributed by atoms with Gasteiger partial charge in [-0.1, -0.05) is 34.1 Å². The van der Waals surface area contributed by atoms with Crippen LogP contribution in [0.4, 0.5) is 0 Å². The highest BCUT2D eigenvalue weighted by molar-refractivity contribution is 9.10. The Kier molecular flexibility index (Phi) is 4.76. The van der Waals surface area contributed by atoms with Crippen LogP contribution >= 0.6 is 15.9 Å². The second kappa shape index (κ2) is 6.54. The highest BCUT2D eigenvalue weighted by atomic mass is 79.9. The molecule has 5 heteroatoms. The number of amides is 1. The van der Waals surface area contributed by atoms with Gasteiger partial charge in [-0.05, 0) is 23.8 Å². The van der Waals surface area contributed by atoms with Gasteiger partial charge in [-0.2, -0.15) is 0 Å². The van der Waals surface area contributed by atoms with Crippen LogP contribution in [-0.2, 0) is 11.2 Å². The number of hydrogen-bond acceptors (Lipinski definition) is 3. The number of aliphatic hydroxyl groups is 1. The molecule has 2 aromatic rings. The van der Waals surface area contributed by atoms with Gasteiger partial charge in [0, 0.05) is 4.47 Å². The predicted molar refractivity (Wildman–Crippen MR) is 74.5 cm³/mol. The lowest BCUT2D eigenvalue weighted by Gasteiger charge is -2.14. The lowest BCUT2D eigenvalue weighted by molar-refractivity contribution is -0.121. The fraction of sp³-hybridized carbons (Fsp3) is 0.214. The van der Waals surface area contributed by atoms with Crippen LogP contribution in [0.5, 0.6) is 0 Å². The standard InChI is InChI=1S/C14H14BrNO3/c15-11-5-2-1-4-10(11)8-14(18)16-12(9-17)13-6-3-7-19-13/h1-7,12,17H,8-9H2,(H,16,18). The molecule has 2 N–H and O–H groups in total. The van der Waals surface area contributed by atoms with Gasteiger partial charge in [-0.3, -0.25) is 4.79 Å². The van der Waals surface area contributed by atoms with E-state index >= 15 is 0 Å². The smallest absolute Gasteiger partial charge is 0.225 e. The van der Waals surface area contributed by atoms with Gasteiger partial charge < -0.3 is 14.8 Å². The maximum atomic E-state index is 11.9. The number of hydrogen-bond donors (Lipinski definition) is 2. The van der Waals surface area contributed by atoms with Crippen LogP contribution in [0.3, 0.4) is 0 Å². The maximum absolute atomic E-state index is 11.9. The zero-order valence-electron chi connectivity index (χ0n) is 10.2. The van der Waals surface area contributed by atoms with E-state index in [-0.39, 0.29) is 18.9 Å². The quantitative estimate of drug-likeness (QED) is 0.888. The molecule has 0 saturated heterocycles. The first-order valence-corrected chi connectivity index (χ1v) is 6.67. The molecule has 0 saturated carbocycles. The van der Waals surface area contributed by atoms with Gasteiger partial charge in [0.25, 0.3) is 0 Å². The summed E-state index contributed by atoms with van der Waals surface area (Å²) in [6.45, 7) is -0.199. The van der Waals surface area contributed by atoms with Crippen molar-refractivity contribution in [3.8, 4) is 0 Å². The van der Waals surface area contributed by atoms with Crippen LogP contribution in [0, 0.1) is 0 Å². The van der Waals surface area contributed by atoms with E-state index in [4.69, 9.17) is 4.42 Å². The van der Waals surface area contributed by atoms with Crippen molar-refractivity contribution in [3.05, 3.63) is 58.5 Å². The molecule has 0 bridgehead atoms. The molecule has 1 heterocycles. The lowest BCUT2D eigenvalue weighted by Crippen LogP contribution is -2.31. The van der Waals surface area contributed by atoms with E-state index in [0.29, 0.717) is 5.76 Å². The molecule has 0 aliphatic carbocycles. The predicted octanol–water partition coefficient (Wildman–Crippen LogP) is 2.43. The van der Waals surface area contributed by atoms with Gasteiger partial charge in [0.15, 0.2) is 0 Å². The molecule has 4 nitrogen and oxygen atoms in total. The molecule has 0 spiro atoms. The van der Waals surface area contributed by atoms with Crippen LogP contribution in [0.1, 0.15) is 17.4 Å². The molecule has 1 amide bonds. The molecule has 0 aliphatic rings. The first-order chi connectivity index (χ1) is 9.20. The summed E-state index contributed by atoms with van der Waals surface area (Å²) in [5, 5.41) is 12.0. The minimum absolute atomic E-state index is 0.164. The summed E-state index contributed by atoms with van der Waals surface area (Å²) in [6, 6.07) is 10.5. The molecule has 1 unspecified atom stereocenters. The molecule has 0 radical (unpaired) electrons. The van der Waals surface area contributed by atoms with E-state index in [0.717, 1.165) is 10.0 Å². The van der Waals surface area contributed by atoms with E-state index in [9.17, 15) is 9.90 Å². The topological polar surface area (TPSA) is 62.5 Å². The Bertz CT molecular complexity index is 539. The molecule has 1 aromatic heterocycles. The fourth-order valence-corrected chi connectivity index (χ4v) is 2.18. The SMILES string of the molecule is O=C(Cc1ccccc1Br)NC(CO)c1ccco1. The number of rotatable bonds is 5. The van der Waals surface area contributed by atoms with Gasteiger partial charge in [0.05, 0.1) is 19.3 Å². The second-order valence-corrected chi connectivity index (χ2v) is 4.94. The zero-order valence-corrected chi connectivity index (χ0v) is 11.8. The van der Waals surface area contributed by atoms with Crippen LogP contribution in [0.2, 0.25) is 0 Å². The monoisotopic (exact) mass is 323 g/mol. The maximum Gasteiger partial charge on any atom is 0.225 e. The summed E-state index contributed by atoms with van der Waals surface area (Å²) in [5.41, 5.74) is 0.899. The Morgan fingerprint density at radius 3 is 2.74 bits per heavy atom. The van der Waals surface area contributed by atoms with Gasteiger partial charge in [-0.25, -0.2) is 0 Å². The van der Waals surface area contributed by atoms with Gasteiger partial charge >= 0.3 is 0 Å². The van der Waals surface area contributed by atoms with Gasteiger partial charge in [0.2, 0.25) is 5.91 Å². The number of furan rings is 1. The summed E-state index contributed by atoms with van der Waals surface area (Å²) in [4.78, 5) is 11.9. The van der Waals surface area contributed by atoms with E-state index in [1.54, 1.807) is 12.1 Å². The second-order valence-electron chi connectivity index (χ2n) is 4.09. The fourth-order valence-electron chi connectivity index (χ4n) is 1.76. The minimum atomic E-state index is -0.509. The highest BCUT2D eigenvalue weighted by Crippen LogP contribution is 2.17. The normalized spacial score (nSPS) is 12.1. The number of halogens is 1. The lowest BCUT2D eigenvalue weighted by atomic mass is 10.1. The van der Waals surface area contributed by atoms with Crippen molar-refractivity contribution >= 4 is 21.8 Å². The third-order valence-electron chi connectivity index (χ3n) is 2.71. The van der Waals surface area contributed by atoms with Crippen LogP contribution in [0.15, 0.2) is 51.6 Å². The van der Waals surface area contributed by atoms with Crippen LogP contribution < -0.4 is 5.32 Å². The van der Waals surface area contributed by atoms with Crippen molar-refractivity contribution < 1.29 is 14.3 Å². The van der Waals surface area contributed by atoms with E-state index in [1.165, 1.54) is 6.26 Å². The van der Waals surface area contributed by atoms with E-state index in [1.807, 2.05) is 24.3 Å². The summed E-state index contributed by atoms with van der Waals surface area (Å²) < 4.78 is 6.07. The first-order valence-electron chi connectivity index (χ1n) is 5.87. The van der Waals surface area contributed by atoms with Crippen molar-refractivity contribution in [2.75, 3.05) is 6.61 Å². The minimum Gasteiger partial charge on any atom is -0.467 e. The van der Waals surface area contributed by atoms with Gasteiger partial charge in [-0.15, -0.1) is 0 Å². The number of carbonyl (C=O) groups is 1. The van der Waals surface area contributed by atoms with Crippen molar-refractivity contribution in [1.82, 2.24) is 5.32 Å². The molecular weight excluding hydrogens is 310 g/mol. The molecule has 100 valence electrons. The summed E-state index contributed by atoms with van der Waals surface area (Å²) in [7, 11) is 0. The van der Waals surface area contributed by atoms with Crippen LogP contribution in [-0.4, -0.2) is 17.6 Å². The van der Waals surface area contributed by atoms with E-state index < -0.39 is 6.04 Å². The number of nitrogens with one attached hydrogen (secondary N) is 1. The van der Waals surface area contributed by atoms with E-state index in [2.05, 4.69) is 21.2 Å². The number of carbonyl (C=O) groups excluding carboxylic acids is 1. The Morgan fingerprint density at radius 1 is 1.32 bits per heavy atom. The third-order valence-corrected chi connectivity index (χ3v) is 3.49. The zero-order chi connectivity index (χ0) is 13.7. The Hall–Kier alpha value is -1.59. The molecule has 0 aliphatic heterocycles. The summed E-state index contributed by atoms with van der Waals surface area (Å²) >= 11 is 3.40. The van der Waals surface area contributed by atoms with Crippen LogP contribution in [0.25, 0.3) is 0 Å². The first kappa shape index (κ1) is 13.8. The third kappa shape index (κ3) is 3.68.